The number of anilines is 6. The van der Waals surface area contributed by atoms with Gasteiger partial charge in [-0.25, -0.2) is 45.1 Å². The van der Waals surface area contributed by atoms with Gasteiger partial charge < -0.3 is 75.6 Å². The number of carbonyl (C=O) groups excluding carboxylic acids is 7. The van der Waals surface area contributed by atoms with Gasteiger partial charge in [-0.1, -0.05) is 50.0 Å². The van der Waals surface area contributed by atoms with Gasteiger partial charge in [0.2, 0.25) is 67.3 Å². The number of rotatable bonds is 17. The lowest BCUT2D eigenvalue weighted by Crippen LogP contribution is -2.58. The Hall–Kier alpha value is -10.0. The minimum absolute atomic E-state index is 0.000910. The van der Waals surface area contributed by atoms with Crippen LogP contribution in [0.4, 0.5) is 53.3 Å². The molecule has 4 aliphatic carbocycles. The fraction of sp³-hybridized carbons (Fsp3) is 0.600. The van der Waals surface area contributed by atoms with Crippen molar-refractivity contribution < 1.29 is 88.0 Å². The topological polar surface area (TPSA) is 437 Å². The number of halogens is 2. The zero-order chi connectivity index (χ0) is 83.8. The van der Waals surface area contributed by atoms with Crippen LogP contribution < -0.4 is 61.0 Å². The number of hydrogen-bond acceptors (Lipinski definition) is 24. The smallest absolute Gasteiger partial charge is 0.408 e. The van der Waals surface area contributed by atoms with Crippen molar-refractivity contribution in [1.29, 1.82) is 0 Å². The van der Waals surface area contributed by atoms with E-state index < -0.39 is 143 Å². The van der Waals surface area contributed by atoms with Crippen LogP contribution in [-0.4, -0.2) is 208 Å². The molecule has 4 saturated carbocycles. The maximum absolute atomic E-state index is 14.6. The van der Waals surface area contributed by atoms with Gasteiger partial charge in [-0.15, -0.1) is 0 Å². The van der Waals surface area contributed by atoms with Gasteiger partial charge in [-0.05, 0) is 193 Å². The fourth-order valence-electron chi connectivity index (χ4n) is 15.2. The summed E-state index contributed by atoms with van der Waals surface area (Å²) in [4.78, 5) is 135. The van der Waals surface area contributed by atoms with Crippen LogP contribution in [0.5, 0.6) is 11.8 Å². The molecule has 10 N–H and O–H groups in total. The largest absolute Gasteiger partial charge is 0.479 e. The molecular weight excluding hydrogens is 1560 g/mol. The molecule has 7 amide bonds. The van der Waals surface area contributed by atoms with Gasteiger partial charge in [-0.3, -0.25) is 28.7 Å². The first-order valence-corrected chi connectivity index (χ1v) is 43.7. The minimum Gasteiger partial charge on any atom is -0.479 e. The normalized spacial score (nSPS) is 27.0. The monoisotopic (exact) mass is 1670 g/mol. The first kappa shape index (κ1) is 86.3. The van der Waals surface area contributed by atoms with Gasteiger partial charge in [0.25, 0.3) is 5.91 Å². The van der Waals surface area contributed by atoms with E-state index in [1.807, 2.05) is 24.3 Å². The van der Waals surface area contributed by atoms with E-state index in [4.69, 9.17) is 29.1 Å². The highest BCUT2D eigenvalue weighted by molar-refractivity contribution is 7.91. The predicted octanol–water partition coefficient (Wildman–Crippen LogP) is 8.32. The Bertz CT molecular complexity index is 4590. The number of carboxylic acid groups (broad SMARTS) is 1. The zero-order valence-corrected chi connectivity index (χ0v) is 68.5. The predicted molar refractivity (Wildman–Crippen MR) is 428 cm³/mol. The molecule has 4 aromatic rings. The van der Waals surface area contributed by atoms with Crippen LogP contribution in [0.1, 0.15) is 183 Å². The first-order chi connectivity index (χ1) is 55.5. The second kappa shape index (κ2) is 36.4. The van der Waals surface area contributed by atoms with Crippen LogP contribution in [0.3, 0.4) is 0 Å². The Morgan fingerprint density at radius 2 is 0.949 bits per heavy atom. The third-order valence-electron chi connectivity index (χ3n) is 21.8. The second-order valence-electron chi connectivity index (χ2n) is 33.7. The minimum atomic E-state index is -3.92. The molecule has 33 nitrogen and oxygen atoms in total. The second-order valence-corrected chi connectivity index (χ2v) is 37.5. The van der Waals surface area contributed by atoms with Crippen LogP contribution in [0, 0.1) is 23.5 Å². The van der Waals surface area contributed by atoms with Crippen molar-refractivity contribution in [3.8, 4) is 11.8 Å². The Kier molecular flexibility index (Phi) is 26.9. The Labute approximate surface area is 680 Å². The summed E-state index contributed by atoms with van der Waals surface area (Å²) in [5.41, 5.74) is -3.49. The molecule has 636 valence electrons. The lowest BCUT2D eigenvalue weighted by Gasteiger charge is -2.30. The van der Waals surface area contributed by atoms with Crippen molar-refractivity contribution in [3.63, 3.8) is 0 Å². The number of primary sulfonamides is 1. The van der Waals surface area contributed by atoms with Gasteiger partial charge in [0, 0.05) is 74.4 Å². The number of nitrogens with zero attached hydrogens (tertiary/aromatic N) is 8. The number of carboxylic acids is 1. The molecule has 0 spiro atoms. The van der Waals surface area contributed by atoms with Crippen LogP contribution in [-0.2, 0) is 58.3 Å². The molecule has 2 aromatic carbocycles. The number of nitrogens with two attached hydrogens (primary N) is 1. The number of aromatic nitrogens is 4. The number of aliphatic carboxylic acids is 1. The molecule has 0 radical (unpaired) electrons. The van der Waals surface area contributed by atoms with E-state index in [1.54, 1.807) is 77.9 Å². The molecular formula is C80H108F2N16O17S2. The summed E-state index contributed by atoms with van der Waals surface area (Å²) in [7, 11) is -7.05. The molecule has 8 heterocycles. The molecule has 117 heavy (non-hydrogen) atoms. The zero-order valence-electron chi connectivity index (χ0n) is 66.9. The van der Waals surface area contributed by atoms with Crippen molar-refractivity contribution in [2.24, 2.45) is 17.0 Å². The van der Waals surface area contributed by atoms with E-state index in [1.165, 1.54) is 34.1 Å². The van der Waals surface area contributed by atoms with Crippen LogP contribution in [0.25, 0.3) is 0 Å². The number of hydrogen-bond donors (Lipinski definition) is 9. The van der Waals surface area contributed by atoms with Gasteiger partial charge >= 0.3 is 18.2 Å². The van der Waals surface area contributed by atoms with Crippen molar-refractivity contribution in [3.05, 3.63) is 96.6 Å². The number of amides is 7. The summed E-state index contributed by atoms with van der Waals surface area (Å²) in [6.45, 7) is 13.4. The van der Waals surface area contributed by atoms with Crippen LogP contribution in [0.15, 0.2) is 85.0 Å². The molecule has 0 unspecified atom stereocenters. The average molecular weight is 1670 g/mol. The van der Waals surface area contributed by atoms with E-state index in [0.29, 0.717) is 61.5 Å². The van der Waals surface area contributed by atoms with Crippen molar-refractivity contribution in [2.75, 3.05) is 59.7 Å². The van der Waals surface area contributed by atoms with E-state index in [9.17, 15) is 69.1 Å². The summed E-state index contributed by atoms with van der Waals surface area (Å²) >= 11 is 0. The third kappa shape index (κ3) is 23.5. The highest BCUT2D eigenvalue weighted by Crippen LogP contribution is 2.48. The molecule has 6 aliphatic heterocycles. The van der Waals surface area contributed by atoms with E-state index in [2.05, 4.69) is 61.4 Å². The number of carbonyl (C=O) groups is 8. The van der Waals surface area contributed by atoms with Crippen molar-refractivity contribution >= 4 is 103 Å². The molecule has 4 saturated heterocycles. The quantitative estimate of drug-likeness (QED) is 0.0448. The molecule has 2 aromatic heterocycles. The standard InChI is InChI=1S/C40H53FN8O8S.C37H48FN7O7.C3H7NO2S/c1-39(2,3)57-38(53)43-30-12-8-6-4-5-7-11-25-23-40(25,36(52)47-58(54,55)29-17-18-29)46-34(50)31-21-28(24-49(31)35(30)51)56-33-22-32(48-19-9-10-20-48)44-37(45-33)42-27-15-13-26(41)14-16-27;1-36(2,3)52-35(50)40-27-12-8-6-4-5-7-11-23-21-37(23,33(48)49)43-31(46)28-19-26(22-45(28)32(27)47)51-30-20-29(44-17-9-10-18-44)41-34(42-30)39-25-15-13-24(38)14-16-25;4-7(5,6)3-1-2-3/h7,11,13-16,22,25,28-31H,4-6,8-10,12,17-21,23-24H2,1-3H3,(H,43,53)(H,46,50)(H,47,52)(H,42,44,45);7,11,13-16,20,23,26-28H,4-6,8-10,12,17-19,21-22H2,1-3H3,(H,40,50)(H,43,46)(H,48,49)(H,39,41,42);3H,1-2H2,(H2,4,5,6)/b2*11-7-;/t25-,28-,30+,31+,40-;23-,26-,27+,28+,37-;/m11./s1. The highest BCUT2D eigenvalue weighted by Gasteiger charge is 2.63. The third-order valence-corrected chi connectivity index (χ3v) is 25.1. The van der Waals surface area contributed by atoms with E-state index >= 15 is 0 Å². The summed E-state index contributed by atoms with van der Waals surface area (Å²) in [6, 6.07) is 10.7. The number of alkyl carbamates (subject to hydrolysis) is 2. The molecule has 8 fully saturated rings. The number of nitrogens with one attached hydrogen (secondary N) is 7. The SMILES string of the molecule is CC(C)(C)OC(=O)N[C@H]1CCCCC/C=C\[C@@H]2C[C@@]2(C(=O)NS(=O)(=O)C2CC2)NC(=O)[C@@H]2C[C@@H](Oc3cc(N4CCCC4)nc(Nc4ccc(F)cc4)n3)CN2C1=O.CC(C)(C)OC(=O)N[C@H]1CCCCC/C=C\[C@@H]2C[C@@]2(C(=O)O)NC(=O)[C@@H]2C[C@@H](Oc3cc(N4CCCC4)nc(Nc4ccc(F)cc4)n3)CN2C1=O.NS(=O)(=O)C1CC1. The van der Waals surface area contributed by atoms with E-state index in [-0.39, 0.29) is 85.8 Å². The maximum Gasteiger partial charge on any atom is 0.408 e. The summed E-state index contributed by atoms with van der Waals surface area (Å²) in [5, 5.41) is 31.4. The molecule has 0 bridgehead atoms. The van der Waals surface area contributed by atoms with Crippen molar-refractivity contribution in [2.45, 2.75) is 252 Å². The van der Waals surface area contributed by atoms with Gasteiger partial charge in [-0.2, -0.15) is 19.9 Å². The van der Waals surface area contributed by atoms with Gasteiger partial charge in [0.15, 0.2) is 0 Å². The average Bonchev–Trinajstić information content (AvgIpc) is 1.58. The van der Waals surface area contributed by atoms with E-state index in [0.717, 1.165) is 96.8 Å². The first-order valence-electron chi connectivity index (χ1n) is 40.5. The van der Waals surface area contributed by atoms with Crippen molar-refractivity contribution in [1.82, 2.24) is 55.7 Å². The van der Waals surface area contributed by atoms with Crippen LogP contribution in [0.2, 0.25) is 0 Å². The number of ether oxygens (including phenoxy) is 4. The molecule has 37 heteroatoms. The Morgan fingerprint density at radius 3 is 1.33 bits per heavy atom. The fourth-order valence-corrected chi connectivity index (χ4v) is 17.4. The highest BCUT2D eigenvalue weighted by atomic mass is 32.2. The maximum atomic E-state index is 14.6. The van der Waals surface area contributed by atoms with Gasteiger partial charge in [0.05, 0.1) is 23.6 Å². The molecule has 10 atom stereocenters. The van der Waals surface area contributed by atoms with Crippen LogP contribution >= 0.6 is 0 Å². The Morgan fingerprint density at radius 1 is 0.547 bits per heavy atom. The number of benzene rings is 2. The number of sulfonamides is 2. The lowest BCUT2D eigenvalue weighted by atomic mass is 10.0. The Balaban J connectivity index is 0.000000199. The van der Waals surface area contributed by atoms with Gasteiger partial charge in [0.1, 0.15) is 81.9 Å². The number of allylic oxidation sites excluding steroid dienone is 2. The molecule has 10 aliphatic rings. The lowest BCUT2D eigenvalue weighted by molar-refractivity contribution is -0.145. The summed E-state index contributed by atoms with van der Waals surface area (Å²) in [5.74, 6) is -3.74. The molecule has 14 rings (SSSR count). The summed E-state index contributed by atoms with van der Waals surface area (Å²) in [6.07, 6.45) is 17.9. The number of fused-ring (bicyclic) bond motifs is 4. The summed E-state index contributed by atoms with van der Waals surface area (Å²) < 4.78 is 99.5.